The van der Waals surface area contributed by atoms with Crippen molar-refractivity contribution < 1.29 is 0 Å². The molecule has 0 bridgehead atoms. The molecule has 1 aliphatic rings. The Morgan fingerprint density at radius 1 is 1.26 bits per heavy atom. The Morgan fingerprint density at radius 2 is 2.05 bits per heavy atom. The molecule has 0 radical (unpaired) electrons. The lowest BCUT2D eigenvalue weighted by molar-refractivity contribution is 0.280. The predicted molar refractivity (Wildman–Crippen MR) is 82.5 cm³/mol. The van der Waals surface area contributed by atoms with Gasteiger partial charge in [-0.15, -0.1) is 0 Å². The smallest absolute Gasteiger partial charge is 0.188 e. The molecule has 5 heteroatoms. The minimum absolute atomic E-state index is 0.590. The fraction of sp³-hybridized carbons (Fsp3) is 0.929. The third kappa shape index (κ3) is 8.06. The van der Waals surface area contributed by atoms with Gasteiger partial charge < -0.3 is 20.9 Å². The van der Waals surface area contributed by atoms with Crippen LogP contribution < -0.4 is 11.1 Å². The van der Waals surface area contributed by atoms with Gasteiger partial charge in [0.1, 0.15) is 0 Å². The summed E-state index contributed by atoms with van der Waals surface area (Å²) in [6.45, 7) is 11.9. The first-order valence-electron chi connectivity index (χ1n) is 7.52. The van der Waals surface area contributed by atoms with Crippen LogP contribution in [-0.4, -0.2) is 68.6 Å². The van der Waals surface area contributed by atoms with Crippen LogP contribution in [0.2, 0.25) is 0 Å². The largest absolute Gasteiger partial charge is 0.370 e. The summed E-state index contributed by atoms with van der Waals surface area (Å²) in [5.41, 5.74) is 5.84. The average Bonchev–Trinajstić information content (AvgIpc) is 2.54. The van der Waals surface area contributed by atoms with Crippen LogP contribution >= 0.6 is 0 Å². The summed E-state index contributed by atoms with van der Waals surface area (Å²) >= 11 is 0. The van der Waals surface area contributed by atoms with Crippen molar-refractivity contribution in [3.05, 3.63) is 0 Å². The van der Waals surface area contributed by atoms with E-state index in [0.29, 0.717) is 11.9 Å². The molecule has 0 aliphatic carbocycles. The molecule has 0 amide bonds. The number of guanidine groups is 1. The standard InChI is InChI=1S/C14H31N5/c1-13(2)5-6-16-14(15)17-7-10-19-9-4-8-18(3)11-12-19/h13H,4-12H2,1-3H3,(H3,15,16,17). The van der Waals surface area contributed by atoms with E-state index in [0.717, 1.165) is 39.1 Å². The zero-order valence-electron chi connectivity index (χ0n) is 12.9. The van der Waals surface area contributed by atoms with Gasteiger partial charge in [0.2, 0.25) is 0 Å². The van der Waals surface area contributed by atoms with Crippen molar-refractivity contribution in [2.24, 2.45) is 16.6 Å². The van der Waals surface area contributed by atoms with Crippen molar-refractivity contribution in [2.75, 3.05) is 52.9 Å². The second-order valence-corrected chi connectivity index (χ2v) is 5.87. The Morgan fingerprint density at radius 3 is 2.79 bits per heavy atom. The third-order valence-electron chi connectivity index (χ3n) is 3.53. The molecular weight excluding hydrogens is 238 g/mol. The Kier molecular flexibility index (Phi) is 7.82. The van der Waals surface area contributed by atoms with Gasteiger partial charge in [-0.25, -0.2) is 0 Å². The van der Waals surface area contributed by atoms with Crippen molar-refractivity contribution in [1.29, 1.82) is 0 Å². The number of hydrogen-bond acceptors (Lipinski definition) is 3. The summed E-state index contributed by atoms with van der Waals surface area (Å²) in [5, 5.41) is 3.21. The van der Waals surface area contributed by atoms with Gasteiger partial charge >= 0.3 is 0 Å². The maximum absolute atomic E-state index is 5.84. The molecule has 112 valence electrons. The van der Waals surface area contributed by atoms with Crippen molar-refractivity contribution in [2.45, 2.75) is 26.7 Å². The SMILES string of the molecule is CC(C)CCN=C(N)NCCN1CCCN(C)CC1. The monoisotopic (exact) mass is 269 g/mol. The van der Waals surface area contributed by atoms with E-state index in [-0.39, 0.29) is 0 Å². The summed E-state index contributed by atoms with van der Waals surface area (Å²) < 4.78 is 0. The minimum atomic E-state index is 0.590. The molecular formula is C14H31N5. The first kappa shape index (κ1) is 16.2. The molecule has 0 saturated carbocycles. The maximum Gasteiger partial charge on any atom is 0.188 e. The van der Waals surface area contributed by atoms with Crippen LogP contribution in [-0.2, 0) is 0 Å². The Balaban J connectivity index is 2.11. The highest BCUT2D eigenvalue weighted by atomic mass is 15.2. The Bertz CT molecular complexity index is 265. The van der Waals surface area contributed by atoms with E-state index < -0.39 is 0 Å². The fourth-order valence-corrected chi connectivity index (χ4v) is 2.16. The van der Waals surface area contributed by atoms with Crippen LogP contribution in [0.5, 0.6) is 0 Å². The van der Waals surface area contributed by atoms with Crippen LogP contribution in [0.4, 0.5) is 0 Å². The Hall–Kier alpha value is -0.810. The van der Waals surface area contributed by atoms with Crippen LogP contribution in [0, 0.1) is 5.92 Å². The molecule has 0 atom stereocenters. The normalized spacial score (nSPS) is 19.7. The molecule has 1 aliphatic heterocycles. The van der Waals surface area contributed by atoms with E-state index >= 15 is 0 Å². The van der Waals surface area contributed by atoms with E-state index in [1.165, 1.54) is 19.5 Å². The van der Waals surface area contributed by atoms with Gasteiger partial charge in [0.05, 0.1) is 0 Å². The minimum Gasteiger partial charge on any atom is -0.370 e. The molecule has 1 heterocycles. The molecule has 1 saturated heterocycles. The molecule has 0 spiro atoms. The van der Waals surface area contributed by atoms with Crippen molar-refractivity contribution >= 4 is 5.96 Å². The van der Waals surface area contributed by atoms with Gasteiger partial charge in [-0.2, -0.15) is 0 Å². The molecule has 19 heavy (non-hydrogen) atoms. The number of likely N-dealkylation sites (N-methyl/N-ethyl adjacent to an activating group) is 1. The molecule has 1 rings (SSSR count). The topological polar surface area (TPSA) is 56.9 Å². The van der Waals surface area contributed by atoms with Crippen LogP contribution in [0.1, 0.15) is 26.7 Å². The quantitative estimate of drug-likeness (QED) is 0.547. The molecule has 3 N–H and O–H groups in total. The van der Waals surface area contributed by atoms with Crippen molar-refractivity contribution in [3.8, 4) is 0 Å². The lowest BCUT2D eigenvalue weighted by Crippen LogP contribution is -2.39. The highest BCUT2D eigenvalue weighted by Crippen LogP contribution is 2.00. The van der Waals surface area contributed by atoms with E-state index in [4.69, 9.17) is 5.73 Å². The van der Waals surface area contributed by atoms with Gasteiger partial charge in [0, 0.05) is 32.7 Å². The zero-order chi connectivity index (χ0) is 14.1. The lowest BCUT2D eigenvalue weighted by Gasteiger charge is -2.20. The molecule has 1 fully saturated rings. The molecule has 0 aromatic rings. The van der Waals surface area contributed by atoms with E-state index in [2.05, 4.69) is 41.0 Å². The fourth-order valence-electron chi connectivity index (χ4n) is 2.16. The number of nitrogens with two attached hydrogens (primary N) is 1. The first-order chi connectivity index (χ1) is 9.08. The molecule has 0 aromatic heterocycles. The van der Waals surface area contributed by atoms with Gasteiger partial charge in [0.25, 0.3) is 0 Å². The van der Waals surface area contributed by atoms with Gasteiger partial charge in [-0.05, 0) is 38.9 Å². The average molecular weight is 269 g/mol. The van der Waals surface area contributed by atoms with Gasteiger partial charge in [0.15, 0.2) is 5.96 Å². The summed E-state index contributed by atoms with van der Waals surface area (Å²) in [7, 11) is 2.20. The number of nitrogens with one attached hydrogen (secondary N) is 1. The van der Waals surface area contributed by atoms with Gasteiger partial charge in [-0.1, -0.05) is 13.8 Å². The van der Waals surface area contributed by atoms with E-state index in [1.807, 2.05) is 0 Å². The number of rotatable bonds is 6. The van der Waals surface area contributed by atoms with Gasteiger partial charge in [-0.3, -0.25) is 4.99 Å². The number of nitrogens with zero attached hydrogens (tertiary/aromatic N) is 3. The van der Waals surface area contributed by atoms with Crippen molar-refractivity contribution in [3.63, 3.8) is 0 Å². The summed E-state index contributed by atoms with van der Waals surface area (Å²) in [6, 6.07) is 0. The van der Waals surface area contributed by atoms with Crippen LogP contribution in [0.25, 0.3) is 0 Å². The van der Waals surface area contributed by atoms with E-state index in [1.54, 1.807) is 0 Å². The second-order valence-electron chi connectivity index (χ2n) is 5.87. The van der Waals surface area contributed by atoms with Crippen LogP contribution in [0.15, 0.2) is 4.99 Å². The van der Waals surface area contributed by atoms with Crippen LogP contribution in [0.3, 0.4) is 0 Å². The lowest BCUT2D eigenvalue weighted by atomic mass is 10.1. The van der Waals surface area contributed by atoms with Crippen molar-refractivity contribution in [1.82, 2.24) is 15.1 Å². The summed E-state index contributed by atoms with van der Waals surface area (Å²) in [6.07, 6.45) is 2.36. The summed E-state index contributed by atoms with van der Waals surface area (Å²) in [5.74, 6) is 1.28. The number of aliphatic imine (C=N–C) groups is 1. The first-order valence-corrected chi connectivity index (χ1v) is 7.52. The van der Waals surface area contributed by atoms with E-state index in [9.17, 15) is 0 Å². The predicted octanol–water partition coefficient (Wildman–Crippen LogP) is 0.574. The Labute approximate surface area is 118 Å². The zero-order valence-corrected chi connectivity index (χ0v) is 12.9. The molecule has 0 aromatic carbocycles. The highest BCUT2D eigenvalue weighted by molar-refractivity contribution is 5.77. The molecule has 5 nitrogen and oxygen atoms in total. The maximum atomic E-state index is 5.84. The third-order valence-corrected chi connectivity index (χ3v) is 3.53. The second kappa shape index (κ2) is 9.15. The molecule has 0 unspecified atom stereocenters. The highest BCUT2D eigenvalue weighted by Gasteiger charge is 2.11. The summed E-state index contributed by atoms with van der Waals surface area (Å²) in [4.78, 5) is 9.23. The number of hydrogen-bond donors (Lipinski definition) is 2.